The maximum Gasteiger partial charge on any atom is 0.303 e. The SMILES string of the molecule is N#CC1(c2ccc(-c3ccc(F)cc3COc3ccc(CCCC(=O)O)cc3)s2)CC1. The number of carbonyl (C=O) groups is 1. The molecule has 1 fully saturated rings. The molecule has 1 N–H and O–H groups in total. The van der Waals surface area contributed by atoms with E-state index in [2.05, 4.69) is 6.07 Å². The predicted octanol–water partition coefficient (Wildman–Crippen LogP) is 6.10. The molecule has 1 saturated carbocycles. The number of aliphatic carboxylic acids is 1. The molecule has 0 radical (unpaired) electrons. The Balaban J connectivity index is 1.45. The second-order valence-corrected chi connectivity index (χ2v) is 8.92. The molecule has 0 aliphatic heterocycles. The van der Waals surface area contributed by atoms with Crippen LogP contribution in [0, 0.1) is 17.1 Å². The van der Waals surface area contributed by atoms with E-state index in [1.807, 2.05) is 36.4 Å². The Morgan fingerprint density at radius 3 is 2.61 bits per heavy atom. The molecule has 1 aromatic heterocycles. The first-order valence-electron chi connectivity index (χ1n) is 10.2. The van der Waals surface area contributed by atoms with Gasteiger partial charge >= 0.3 is 5.97 Å². The van der Waals surface area contributed by atoms with Crippen LogP contribution in [-0.2, 0) is 23.2 Å². The monoisotopic (exact) mass is 435 g/mol. The standard InChI is InChI=1S/C25H22FNO3S/c26-19-6-9-21(22-10-11-23(31-22)25(16-27)12-13-25)18(14-19)15-30-20-7-4-17(5-8-20)2-1-3-24(28)29/h4-11,14H,1-3,12-13,15H2,(H,28,29). The number of carboxylic acid groups (broad SMARTS) is 1. The van der Waals surface area contributed by atoms with Crippen molar-refractivity contribution >= 4 is 17.3 Å². The van der Waals surface area contributed by atoms with Crippen molar-refractivity contribution in [1.82, 2.24) is 0 Å². The van der Waals surface area contributed by atoms with Crippen molar-refractivity contribution in [2.45, 2.75) is 44.1 Å². The lowest BCUT2D eigenvalue weighted by Crippen LogP contribution is -1.99. The fourth-order valence-electron chi connectivity index (χ4n) is 3.56. The number of hydrogen-bond acceptors (Lipinski definition) is 4. The van der Waals surface area contributed by atoms with E-state index in [1.165, 1.54) is 12.1 Å². The Bertz CT molecular complexity index is 1130. The van der Waals surface area contributed by atoms with Crippen molar-refractivity contribution in [3.63, 3.8) is 0 Å². The van der Waals surface area contributed by atoms with E-state index in [-0.39, 0.29) is 24.3 Å². The van der Waals surface area contributed by atoms with Gasteiger partial charge in [-0.15, -0.1) is 11.3 Å². The van der Waals surface area contributed by atoms with Crippen LogP contribution < -0.4 is 4.74 Å². The highest BCUT2D eigenvalue weighted by molar-refractivity contribution is 7.15. The Labute approximate surface area is 184 Å². The van der Waals surface area contributed by atoms with Crippen LogP contribution in [0.2, 0.25) is 0 Å². The van der Waals surface area contributed by atoms with Crippen LogP contribution in [0.15, 0.2) is 54.6 Å². The Hall–Kier alpha value is -3.17. The zero-order valence-corrected chi connectivity index (χ0v) is 17.8. The molecule has 0 amide bonds. The minimum atomic E-state index is -0.788. The quantitative estimate of drug-likeness (QED) is 0.441. The summed E-state index contributed by atoms with van der Waals surface area (Å²) in [5.74, 6) is -0.433. The van der Waals surface area contributed by atoms with Gasteiger partial charge in [0.2, 0.25) is 0 Å². The second kappa shape index (κ2) is 8.91. The third kappa shape index (κ3) is 4.95. The van der Waals surface area contributed by atoms with Gasteiger partial charge in [-0.25, -0.2) is 4.39 Å². The van der Waals surface area contributed by atoms with Crippen LogP contribution in [0.25, 0.3) is 10.4 Å². The molecule has 0 bridgehead atoms. The molecular formula is C25H22FNO3S. The summed E-state index contributed by atoms with van der Waals surface area (Å²) in [6.07, 6.45) is 3.24. The maximum absolute atomic E-state index is 13.9. The van der Waals surface area contributed by atoms with Crippen LogP contribution in [0.1, 0.15) is 41.7 Å². The molecule has 31 heavy (non-hydrogen) atoms. The molecule has 0 spiro atoms. The maximum atomic E-state index is 13.9. The minimum absolute atomic E-state index is 0.153. The average Bonchev–Trinajstić information content (AvgIpc) is 3.41. The molecule has 2 aromatic carbocycles. The van der Waals surface area contributed by atoms with E-state index in [9.17, 15) is 14.4 Å². The van der Waals surface area contributed by atoms with Gasteiger partial charge in [0, 0.05) is 21.7 Å². The summed E-state index contributed by atoms with van der Waals surface area (Å²) in [6, 6.07) is 18.7. The Morgan fingerprint density at radius 1 is 1.16 bits per heavy atom. The lowest BCUT2D eigenvalue weighted by Gasteiger charge is -2.11. The minimum Gasteiger partial charge on any atom is -0.489 e. The van der Waals surface area contributed by atoms with Gasteiger partial charge in [-0.1, -0.05) is 18.2 Å². The van der Waals surface area contributed by atoms with Gasteiger partial charge in [0.1, 0.15) is 18.2 Å². The zero-order valence-electron chi connectivity index (χ0n) is 16.9. The van der Waals surface area contributed by atoms with Crippen molar-refractivity contribution < 1.29 is 19.0 Å². The number of halogens is 1. The number of rotatable bonds is 9. The topological polar surface area (TPSA) is 70.3 Å². The molecule has 0 unspecified atom stereocenters. The summed E-state index contributed by atoms with van der Waals surface area (Å²) in [5.41, 5.74) is 2.39. The molecule has 3 aromatic rings. The van der Waals surface area contributed by atoms with Crippen LogP contribution in [0.4, 0.5) is 4.39 Å². The number of nitrogens with zero attached hydrogens (tertiary/aromatic N) is 1. The average molecular weight is 436 g/mol. The number of benzene rings is 2. The predicted molar refractivity (Wildman–Crippen MR) is 118 cm³/mol. The third-order valence-electron chi connectivity index (χ3n) is 5.55. The molecule has 4 rings (SSSR count). The summed E-state index contributed by atoms with van der Waals surface area (Å²) in [6.45, 7) is 0.224. The molecule has 0 atom stereocenters. The normalized spacial score (nSPS) is 14.1. The van der Waals surface area contributed by atoms with Gasteiger partial charge in [0.25, 0.3) is 0 Å². The smallest absolute Gasteiger partial charge is 0.303 e. The molecule has 0 saturated heterocycles. The van der Waals surface area contributed by atoms with Gasteiger partial charge in [-0.2, -0.15) is 5.26 Å². The number of aryl methyl sites for hydroxylation is 1. The van der Waals surface area contributed by atoms with Gasteiger partial charge in [-0.05, 0) is 73.2 Å². The highest BCUT2D eigenvalue weighted by Crippen LogP contribution is 2.51. The van der Waals surface area contributed by atoms with Gasteiger partial charge < -0.3 is 9.84 Å². The van der Waals surface area contributed by atoms with E-state index < -0.39 is 5.97 Å². The van der Waals surface area contributed by atoms with Crippen molar-refractivity contribution in [2.24, 2.45) is 0 Å². The highest BCUT2D eigenvalue weighted by Gasteiger charge is 2.46. The lowest BCUT2D eigenvalue weighted by molar-refractivity contribution is -0.137. The van der Waals surface area contributed by atoms with Crippen molar-refractivity contribution in [3.8, 4) is 22.3 Å². The highest BCUT2D eigenvalue weighted by atomic mass is 32.1. The van der Waals surface area contributed by atoms with E-state index in [4.69, 9.17) is 9.84 Å². The first-order chi connectivity index (χ1) is 15.0. The fraction of sp³-hybridized carbons (Fsp3) is 0.280. The van der Waals surface area contributed by atoms with Crippen molar-refractivity contribution in [2.75, 3.05) is 0 Å². The van der Waals surface area contributed by atoms with Crippen LogP contribution in [-0.4, -0.2) is 11.1 Å². The summed E-state index contributed by atoms with van der Waals surface area (Å²) in [5, 5.41) is 18.2. The molecule has 158 valence electrons. The molecule has 1 heterocycles. The largest absolute Gasteiger partial charge is 0.489 e. The summed E-state index contributed by atoms with van der Waals surface area (Å²) >= 11 is 1.59. The third-order valence-corrected chi connectivity index (χ3v) is 6.87. The van der Waals surface area contributed by atoms with Crippen LogP contribution in [0.3, 0.4) is 0 Å². The molecule has 6 heteroatoms. The van der Waals surface area contributed by atoms with Crippen LogP contribution >= 0.6 is 11.3 Å². The molecule has 1 aliphatic rings. The van der Waals surface area contributed by atoms with Crippen molar-refractivity contribution in [3.05, 3.63) is 76.4 Å². The van der Waals surface area contributed by atoms with Gasteiger partial charge in [0.15, 0.2) is 0 Å². The molecule has 4 nitrogen and oxygen atoms in total. The van der Waals surface area contributed by atoms with E-state index >= 15 is 0 Å². The first kappa shape index (κ1) is 21.1. The van der Waals surface area contributed by atoms with Gasteiger partial charge in [-0.3, -0.25) is 4.79 Å². The number of thiophene rings is 1. The number of nitriles is 1. The Kier molecular flexibility index (Phi) is 6.06. The van der Waals surface area contributed by atoms with Crippen LogP contribution in [0.5, 0.6) is 5.75 Å². The number of carboxylic acids is 1. The van der Waals surface area contributed by atoms with Gasteiger partial charge in [0.05, 0.1) is 11.5 Å². The van der Waals surface area contributed by atoms with E-state index in [1.54, 1.807) is 17.4 Å². The summed E-state index contributed by atoms with van der Waals surface area (Å²) < 4.78 is 19.8. The Morgan fingerprint density at radius 2 is 1.94 bits per heavy atom. The number of ether oxygens (including phenoxy) is 1. The first-order valence-corrected chi connectivity index (χ1v) is 11.0. The lowest BCUT2D eigenvalue weighted by atomic mass is 10.1. The summed E-state index contributed by atoms with van der Waals surface area (Å²) in [7, 11) is 0. The number of hydrogen-bond donors (Lipinski definition) is 1. The van der Waals surface area contributed by atoms with Crippen molar-refractivity contribution in [1.29, 1.82) is 5.26 Å². The molecular weight excluding hydrogens is 413 g/mol. The fourth-order valence-corrected chi connectivity index (χ4v) is 4.82. The van der Waals surface area contributed by atoms with E-state index in [0.717, 1.165) is 39.3 Å². The second-order valence-electron chi connectivity index (χ2n) is 7.84. The van der Waals surface area contributed by atoms with E-state index in [0.29, 0.717) is 18.6 Å². The summed E-state index contributed by atoms with van der Waals surface area (Å²) in [4.78, 5) is 12.7. The molecule has 1 aliphatic carbocycles. The zero-order chi connectivity index (χ0) is 21.8.